The number of thiophene rings is 1. The molecule has 1 amide bonds. The minimum absolute atomic E-state index is 0.00222. The minimum Gasteiger partial charge on any atom is -0.363 e. The van der Waals surface area contributed by atoms with Gasteiger partial charge in [0.1, 0.15) is 11.1 Å². The third kappa shape index (κ3) is 4.74. The first-order chi connectivity index (χ1) is 16.1. The molecule has 1 aliphatic carbocycles. The smallest absolute Gasteiger partial charge is 0.263 e. The van der Waals surface area contributed by atoms with Gasteiger partial charge in [0.05, 0.1) is 11.1 Å². The summed E-state index contributed by atoms with van der Waals surface area (Å²) in [6.07, 6.45) is 5.15. The number of benzene rings is 1. The highest BCUT2D eigenvalue weighted by Crippen LogP contribution is 2.36. The van der Waals surface area contributed by atoms with Crippen molar-refractivity contribution in [3.63, 3.8) is 0 Å². The third-order valence-electron chi connectivity index (χ3n) is 5.88. The summed E-state index contributed by atoms with van der Waals surface area (Å²) in [5.74, 6) is 0.890. The van der Waals surface area contributed by atoms with Gasteiger partial charge in [0.15, 0.2) is 11.0 Å². The summed E-state index contributed by atoms with van der Waals surface area (Å²) in [5.41, 5.74) is 2.34. The van der Waals surface area contributed by atoms with Crippen LogP contribution in [0.5, 0.6) is 0 Å². The average Bonchev–Trinajstić information content (AvgIpc) is 3.44. The van der Waals surface area contributed by atoms with Gasteiger partial charge in [-0.15, -0.1) is 11.3 Å². The number of carbonyl (C=O) groups excluding carboxylic acids is 1. The fourth-order valence-electron chi connectivity index (χ4n) is 4.18. The van der Waals surface area contributed by atoms with E-state index in [0.29, 0.717) is 23.4 Å². The van der Waals surface area contributed by atoms with Crippen LogP contribution in [0.3, 0.4) is 0 Å². The van der Waals surface area contributed by atoms with E-state index >= 15 is 0 Å². The number of fused-ring (bicyclic) bond motifs is 3. The Balaban J connectivity index is 1.47. The summed E-state index contributed by atoms with van der Waals surface area (Å²) in [5, 5.41) is 7.74. The molecule has 1 atom stereocenters. The Morgan fingerprint density at radius 3 is 2.94 bits per heavy atom. The Bertz CT molecular complexity index is 1330. The molecule has 0 aliphatic heterocycles. The number of carbonyl (C=O) groups is 1. The summed E-state index contributed by atoms with van der Waals surface area (Å²) >= 11 is 2.91. The lowest BCUT2D eigenvalue weighted by atomic mass is 9.89. The van der Waals surface area contributed by atoms with E-state index in [9.17, 15) is 9.59 Å². The Kier molecular flexibility index (Phi) is 6.32. The van der Waals surface area contributed by atoms with Crippen molar-refractivity contribution >= 4 is 45.0 Å². The molecular weight excluding hydrogens is 456 g/mol. The summed E-state index contributed by atoms with van der Waals surface area (Å²) in [7, 11) is 0. The molecule has 0 bridgehead atoms. The predicted octanol–water partition coefficient (Wildman–Crippen LogP) is 4.54. The number of anilines is 1. The Hall–Kier alpha value is -2.91. The van der Waals surface area contributed by atoms with Crippen molar-refractivity contribution in [1.82, 2.24) is 14.7 Å². The second-order valence-corrected chi connectivity index (χ2v) is 10.4. The first kappa shape index (κ1) is 21.9. The molecule has 0 saturated carbocycles. The number of aromatic nitrogens is 3. The zero-order valence-corrected chi connectivity index (χ0v) is 19.9. The maximum absolute atomic E-state index is 13.7. The molecule has 0 fully saturated rings. The van der Waals surface area contributed by atoms with Crippen LogP contribution in [0.4, 0.5) is 5.82 Å². The summed E-state index contributed by atoms with van der Waals surface area (Å²) in [6, 6.07) is 11.7. The van der Waals surface area contributed by atoms with E-state index in [1.54, 1.807) is 22.0 Å². The molecule has 33 heavy (non-hydrogen) atoms. The van der Waals surface area contributed by atoms with Crippen LogP contribution in [-0.4, -0.2) is 26.4 Å². The quantitative estimate of drug-likeness (QED) is 0.308. The zero-order chi connectivity index (χ0) is 22.8. The maximum Gasteiger partial charge on any atom is 0.263 e. The lowest BCUT2D eigenvalue weighted by molar-refractivity contribution is -0.113. The SMILES string of the molecule is CC1CCc2c(sc3nc(SCC(=O)Nc4ccon4)n(CCc4ccccc4)c(=O)c23)C1. The van der Waals surface area contributed by atoms with Gasteiger partial charge < -0.3 is 9.84 Å². The van der Waals surface area contributed by atoms with Crippen LogP contribution in [0, 0.1) is 5.92 Å². The minimum atomic E-state index is -0.225. The molecule has 1 N–H and O–H groups in total. The van der Waals surface area contributed by atoms with Crippen molar-refractivity contribution in [2.45, 2.75) is 44.3 Å². The fourth-order valence-corrected chi connectivity index (χ4v) is 6.43. The second-order valence-electron chi connectivity index (χ2n) is 8.34. The van der Waals surface area contributed by atoms with Gasteiger partial charge in [-0.25, -0.2) is 4.98 Å². The number of rotatable bonds is 7. The lowest BCUT2D eigenvalue weighted by Crippen LogP contribution is -2.25. The second kappa shape index (κ2) is 9.52. The Morgan fingerprint density at radius 1 is 1.30 bits per heavy atom. The molecule has 9 heteroatoms. The lowest BCUT2D eigenvalue weighted by Gasteiger charge is -2.17. The maximum atomic E-state index is 13.7. The third-order valence-corrected chi connectivity index (χ3v) is 8.01. The molecule has 0 saturated heterocycles. The van der Waals surface area contributed by atoms with Crippen LogP contribution in [0.25, 0.3) is 10.2 Å². The van der Waals surface area contributed by atoms with Crippen LogP contribution in [-0.2, 0) is 30.6 Å². The molecule has 4 aromatic rings. The van der Waals surface area contributed by atoms with E-state index in [1.165, 1.54) is 28.5 Å². The van der Waals surface area contributed by atoms with Gasteiger partial charge in [-0.1, -0.05) is 54.2 Å². The van der Waals surface area contributed by atoms with Crippen LogP contribution in [0.15, 0.2) is 57.1 Å². The van der Waals surface area contributed by atoms with Gasteiger partial charge >= 0.3 is 0 Å². The number of hydrogen-bond acceptors (Lipinski definition) is 7. The molecule has 1 aliphatic rings. The monoisotopic (exact) mass is 480 g/mol. The fraction of sp³-hybridized carbons (Fsp3) is 0.333. The first-order valence-corrected chi connectivity index (χ1v) is 12.8. The van der Waals surface area contributed by atoms with E-state index in [1.807, 2.05) is 18.2 Å². The van der Waals surface area contributed by atoms with Crippen molar-refractivity contribution in [3.05, 3.63) is 69.0 Å². The molecule has 170 valence electrons. The number of thioether (sulfide) groups is 1. The first-order valence-electron chi connectivity index (χ1n) is 11.0. The van der Waals surface area contributed by atoms with Crippen molar-refractivity contribution in [1.29, 1.82) is 0 Å². The van der Waals surface area contributed by atoms with E-state index in [0.717, 1.165) is 41.5 Å². The highest BCUT2D eigenvalue weighted by Gasteiger charge is 2.25. The molecule has 3 heterocycles. The van der Waals surface area contributed by atoms with E-state index in [2.05, 4.69) is 29.5 Å². The topological polar surface area (TPSA) is 90.0 Å². The van der Waals surface area contributed by atoms with Crippen molar-refractivity contribution in [3.8, 4) is 0 Å². The van der Waals surface area contributed by atoms with Crippen LogP contribution in [0.2, 0.25) is 0 Å². The number of nitrogens with one attached hydrogen (secondary N) is 1. The molecule has 5 rings (SSSR count). The summed E-state index contributed by atoms with van der Waals surface area (Å²) < 4.78 is 6.50. The van der Waals surface area contributed by atoms with Crippen LogP contribution < -0.4 is 10.9 Å². The average molecular weight is 481 g/mol. The van der Waals surface area contributed by atoms with E-state index in [-0.39, 0.29) is 17.2 Å². The van der Waals surface area contributed by atoms with Gasteiger partial charge in [-0.3, -0.25) is 14.2 Å². The molecule has 1 unspecified atom stereocenters. The van der Waals surface area contributed by atoms with Crippen molar-refractivity contribution in [2.75, 3.05) is 11.1 Å². The standard InChI is InChI=1S/C24H24N4O3S2/c1-15-7-8-17-18(13-15)33-22-21(17)23(30)28(11-9-16-5-3-2-4-6-16)24(26-22)32-14-20(29)25-19-10-12-31-27-19/h2-6,10,12,15H,7-9,11,13-14H2,1H3,(H,25,27,29). The van der Waals surface area contributed by atoms with Crippen molar-refractivity contribution in [2.24, 2.45) is 5.92 Å². The largest absolute Gasteiger partial charge is 0.363 e. The summed E-state index contributed by atoms with van der Waals surface area (Å²) in [4.78, 5) is 33.0. The number of amides is 1. The van der Waals surface area contributed by atoms with E-state index in [4.69, 9.17) is 9.51 Å². The highest BCUT2D eigenvalue weighted by molar-refractivity contribution is 7.99. The molecule has 0 radical (unpaired) electrons. The van der Waals surface area contributed by atoms with Gasteiger partial charge in [-0.2, -0.15) is 0 Å². The van der Waals surface area contributed by atoms with Crippen molar-refractivity contribution < 1.29 is 9.32 Å². The Labute approximate surface area is 199 Å². The predicted molar refractivity (Wildman–Crippen MR) is 131 cm³/mol. The normalized spacial score (nSPS) is 15.5. The van der Waals surface area contributed by atoms with Crippen LogP contribution >= 0.6 is 23.1 Å². The number of hydrogen-bond donors (Lipinski definition) is 1. The zero-order valence-electron chi connectivity index (χ0n) is 18.2. The molecule has 3 aromatic heterocycles. The molecule has 1 aromatic carbocycles. The van der Waals surface area contributed by atoms with Gasteiger partial charge in [0.2, 0.25) is 5.91 Å². The van der Waals surface area contributed by atoms with Gasteiger partial charge in [0.25, 0.3) is 5.56 Å². The van der Waals surface area contributed by atoms with E-state index < -0.39 is 0 Å². The van der Waals surface area contributed by atoms with Crippen LogP contribution in [0.1, 0.15) is 29.3 Å². The van der Waals surface area contributed by atoms with Gasteiger partial charge in [-0.05, 0) is 42.7 Å². The molecular formula is C24H24N4O3S2. The summed E-state index contributed by atoms with van der Waals surface area (Å²) in [6.45, 7) is 2.77. The van der Waals surface area contributed by atoms with Gasteiger partial charge in [0, 0.05) is 17.5 Å². The number of nitrogens with zero attached hydrogens (tertiary/aromatic N) is 3. The highest BCUT2D eigenvalue weighted by atomic mass is 32.2. The number of aryl methyl sites for hydroxylation is 2. The Morgan fingerprint density at radius 2 is 2.15 bits per heavy atom. The molecule has 0 spiro atoms. The molecule has 7 nitrogen and oxygen atoms in total.